The van der Waals surface area contributed by atoms with Gasteiger partial charge in [-0.05, 0) is 42.1 Å². The molecule has 1 N–H and O–H groups in total. The van der Waals surface area contributed by atoms with Gasteiger partial charge in [0.05, 0.1) is 10.4 Å². The lowest BCUT2D eigenvalue weighted by Crippen LogP contribution is -1.98. The fraction of sp³-hybridized carbons (Fsp3) is 0.143. The van der Waals surface area contributed by atoms with Gasteiger partial charge in [-0.2, -0.15) is 0 Å². The first-order valence-electron chi connectivity index (χ1n) is 5.88. The van der Waals surface area contributed by atoms with Gasteiger partial charge in [-0.15, -0.1) is 11.3 Å². The van der Waals surface area contributed by atoms with E-state index >= 15 is 0 Å². The fourth-order valence-corrected chi connectivity index (χ4v) is 3.21. The van der Waals surface area contributed by atoms with E-state index in [0.717, 1.165) is 31.9 Å². The zero-order valence-electron chi connectivity index (χ0n) is 10.6. The number of hydrogen-bond donors (Lipinski definition) is 1. The predicted octanol–water partition coefficient (Wildman–Crippen LogP) is 4.47. The minimum absolute atomic E-state index is 0.784. The maximum atomic E-state index is 4.67. The Labute approximate surface area is 123 Å². The van der Waals surface area contributed by atoms with Crippen LogP contribution in [0.15, 0.2) is 34.1 Å². The SMILES string of the molecule is CNc1nc(-c2sccc2C)nc2ccc(Br)cc12. The van der Waals surface area contributed by atoms with Gasteiger partial charge in [0.25, 0.3) is 0 Å². The van der Waals surface area contributed by atoms with Gasteiger partial charge >= 0.3 is 0 Å². The van der Waals surface area contributed by atoms with E-state index < -0.39 is 0 Å². The third kappa shape index (κ3) is 2.24. The average molecular weight is 334 g/mol. The first kappa shape index (κ1) is 12.6. The lowest BCUT2D eigenvalue weighted by Gasteiger charge is -2.08. The highest BCUT2D eigenvalue weighted by Crippen LogP contribution is 2.31. The molecule has 0 aliphatic rings. The highest BCUT2D eigenvalue weighted by Gasteiger charge is 2.11. The van der Waals surface area contributed by atoms with Crippen molar-refractivity contribution in [2.45, 2.75) is 6.92 Å². The first-order valence-corrected chi connectivity index (χ1v) is 7.56. The number of rotatable bonds is 2. The first-order chi connectivity index (χ1) is 9.19. The monoisotopic (exact) mass is 333 g/mol. The second kappa shape index (κ2) is 4.90. The molecule has 96 valence electrons. The standard InChI is InChI=1S/C14H12BrN3S/c1-8-5-6-19-12(8)14-17-11-4-3-9(15)7-10(11)13(16-2)18-14/h3-7H,1-2H3,(H,16,17,18). The number of nitrogens with zero attached hydrogens (tertiary/aromatic N) is 2. The average Bonchev–Trinajstić information content (AvgIpc) is 2.84. The van der Waals surface area contributed by atoms with E-state index in [1.54, 1.807) is 11.3 Å². The summed E-state index contributed by atoms with van der Waals surface area (Å²) < 4.78 is 1.03. The van der Waals surface area contributed by atoms with Gasteiger partial charge in [-0.25, -0.2) is 9.97 Å². The van der Waals surface area contributed by atoms with Crippen LogP contribution in [0.4, 0.5) is 5.82 Å². The zero-order chi connectivity index (χ0) is 13.4. The Bertz CT molecular complexity index is 752. The number of hydrogen-bond acceptors (Lipinski definition) is 4. The van der Waals surface area contributed by atoms with E-state index in [-0.39, 0.29) is 0 Å². The van der Waals surface area contributed by atoms with Crippen LogP contribution in [0.3, 0.4) is 0 Å². The molecule has 2 aromatic heterocycles. The molecule has 0 saturated carbocycles. The van der Waals surface area contributed by atoms with Gasteiger partial charge in [-0.1, -0.05) is 15.9 Å². The molecule has 3 nitrogen and oxygen atoms in total. The normalized spacial score (nSPS) is 10.9. The van der Waals surface area contributed by atoms with Crippen molar-refractivity contribution >= 4 is 44.0 Å². The molecule has 0 fully saturated rings. The molecule has 0 bridgehead atoms. The Morgan fingerprint density at radius 3 is 2.74 bits per heavy atom. The highest BCUT2D eigenvalue weighted by atomic mass is 79.9. The number of nitrogens with one attached hydrogen (secondary N) is 1. The van der Waals surface area contributed by atoms with Crippen molar-refractivity contribution in [2.24, 2.45) is 0 Å². The summed E-state index contributed by atoms with van der Waals surface area (Å²) in [6, 6.07) is 8.13. The molecule has 0 radical (unpaired) electrons. The number of halogens is 1. The van der Waals surface area contributed by atoms with Gasteiger partial charge in [0.1, 0.15) is 5.82 Å². The molecule has 0 spiro atoms. The number of thiophene rings is 1. The van der Waals surface area contributed by atoms with Gasteiger partial charge in [-0.3, -0.25) is 0 Å². The molecule has 0 unspecified atom stereocenters. The number of aromatic nitrogens is 2. The largest absolute Gasteiger partial charge is 0.373 e. The van der Waals surface area contributed by atoms with Crippen molar-refractivity contribution in [3.63, 3.8) is 0 Å². The topological polar surface area (TPSA) is 37.8 Å². The Balaban J connectivity index is 2.29. The molecule has 0 atom stereocenters. The van der Waals surface area contributed by atoms with Crippen LogP contribution in [-0.2, 0) is 0 Å². The molecule has 2 heterocycles. The minimum Gasteiger partial charge on any atom is -0.373 e. The van der Waals surface area contributed by atoms with Gasteiger partial charge in [0, 0.05) is 16.9 Å². The number of fused-ring (bicyclic) bond motifs is 1. The van der Waals surface area contributed by atoms with Crippen molar-refractivity contribution in [3.05, 3.63) is 39.7 Å². The lowest BCUT2D eigenvalue weighted by molar-refractivity contribution is 1.22. The van der Waals surface area contributed by atoms with Crippen LogP contribution in [0, 0.1) is 6.92 Å². The maximum Gasteiger partial charge on any atom is 0.172 e. The van der Waals surface area contributed by atoms with Crippen LogP contribution in [0.2, 0.25) is 0 Å². The van der Waals surface area contributed by atoms with Crippen molar-refractivity contribution in [3.8, 4) is 10.7 Å². The Kier molecular flexibility index (Phi) is 3.24. The summed E-state index contributed by atoms with van der Waals surface area (Å²) in [6.45, 7) is 2.08. The summed E-state index contributed by atoms with van der Waals surface area (Å²) in [6.07, 6.45) is 0. The molecule has 5 heteroatoms. The lowest BCUT2D eigenvalue weighted by atomic mass is 10.2. The van der Waals surface area contributed by atoms with E-state index in [2.05, 4.69) is 49.6 Å². The van der Waals surface area contributed by atoms with Crippen LogP contribution < -0.4 is 5.32 Å². The van der Waals surface area contributed by atoms with Crippen molar-refractivity contribution < 1.29 is 0 Å². The predicted molar refractivity (Wildman–Crippen MR) is 84.8 cm³/mol. The smallest absolute Gasteiger partial charge is 0.172 e. The molecule has 1 aromatic carbocycles. The molecule has 0 saturated heterocycles. The van der Waals surface area contributed by atoms with Crippen LogP contribution in [-0.4, -0.2) is 17.0 Å². The van der Waals surface area contributed by atoms with E-state index in [1.807, 2.05) is 25.2 Å². The molecule has 0 aliphatic carbocycles. The third-order valence-electron chi connectivity index (χ3n) is 2.96. The number of anilines is 1. The van der Waals surface area contributed by atoms with E-state index in [0.29, 0.717) is 0 Å². The maximum absolute atomic E-state index is 4.67. The quantitative estimate of drug-likeness (QED) is 0.751. The Morgan fingerprint density at radius 1 is 1.21 bits per heavy atom. The van der Waals surface area contributed by atoms with Crippen molar-refractivity contribution in [1.82, 2.24) is 9.97 Å². The van der Waals surface area contributed by atoms with Gasteiger partial charge in [0.15, 0.2) is 5.82 Å². The van der Waals surface area contributed by atoms with Crippen LogP contribution in [0.1, 0.15) is 5.56 Å². The van der Waals surface area contributed by atoms with Gasteiger partial charge < -0.3 is 5.32 Å². The number of aryl methyl sites for hydroxylation is 1. The summed E-state index contributed by atoms with van der Waals surface area (Å²) >= 11 is 5.15. The summed E-state index contributed by atoms with van der Waals surface area (Å²) in [5, 5.41) is 6.24. The molecule has 3 rings (SSSR count). The minimum atomic E-state index is 0.784. The molecule has 19 heavy (non-hydrogen) atoms. The fourth-order valence-electron chi connectivity index (χ4n) is 1.99. The molecule has 0 amide bonds. The van der Waals surface area contributed by atoms with Crippen molar-refractivity contribution in [2.75, 3.05) is 12.4 Å². The second-order valence-electron chi connectivity index (χ2n) is 4.24. The summed E-state index contributed by atoms with van der Waals surface area (Å²) in [7, 11) is 1.88. The van der Waals surface area contributed by atoms with Gasteiger partial charge in [0.2, 0.25) is 0 Å². The summed E-state index contributed by atoms with van der Waals surface area (Å²) in [4.78, 5) is 10.4. The molecular formula is C14H12BrN3S. The van der Waals surface area contributed by atoms with Crippen LogP contribution in [0.25, 0.3) is 21.6 Å². The van der Waals surface area contributed by atoms with E-state index in [9.17, 15) is 0 Å². The number of benzene rings is 1. The van der Waals surface area contributed by atoms with Crippen LogP contribution in [0.5, 0.6) is 0 Å². The Hall–Kier alpha value is -1.46. The molecular weight excluding hydrogens is 322 g/mol. The van der Waals surface area contributed by atoms with E-state index in [4.69, 9.17) is 0 Å². The summed E-state index contributed by atoms with van der Waals surface area (Å²) in [5.74, 6) is 1.64. The van der Waals surface area contributed by atoms with Crippen LogP contribution >= 0.6 is 27.3 Å². The van der Waals surface area contributed by atoms with Crippen molar-refractivity contribution in [1.29, 1.82) is 0 Å². The summed E-state index contributed by atoms with van der Waals surface area (Å²) in [5.41, 5.74) is 2.16. The zero-order valence-corrected chi connectivity index (χ0v) is 13.0. The van der Waals surface area contributed by atoms with E-state index in [1.165, 1.54) is 5.56 Å². The Morgan fingerprint density at radius 2 is 2.05 bits per heavy atom. The highest BCUT2D eigenvalue weighted by molar-refractivity contribution is 9.10. The molecule has 3 aromatic rings. The molecule has 0 aliphatic heterocycles. The third-order valence-corrected chi connectivity index (χ3v) is 4.47. The second-order valence-corrected chi connectivity index (χ2v) is 6.07.